The zero-order chi connectivity index (χ0) is 30.2. The Labute approximate surface area is 244 Å². The van der Waals surface area contributed by atoms with E-state index < -0.39 is 28.5 Å². The molecule has 3 aromatic rings. The summed E-state index contributed by atoms with van der Waals surface area (Å²) in [6.07, 6.45) is 1.33. The van der Waals surface area contributed by atoms with Gasteiger partial charge in [-0.1, -0.05) is 74.5 Å². The van der Waals surface area contributed by atoms with Gasteiger partial charge in [0.05, 0.1) is 19.1 Å². The Kier molecular flexibility index (Phi) is 10.9. The Morgan fingerprint density at radius 2 is 1.61 bits per heavy atom. The highest BCUT2D eigenvalue weighted by atomic mass is 32.2. The summed E-state index contributed by atoms with van der Waals surface area (Å²) in [5.74, 6) is -0.243. The number of carbonyl (C=O) groups excluding carboxylic acids is 2. The Balaban J connectivity index is 2.10. The topological polar surface area (TPSA) is 96.0 Å². The number of aryl methyl sites for hydroxylation is 2. The molecule has 9 heteroatoms. The van der Waals surface area contributed by atoms with Crippen molar-refractivity contribution in [2.75, 3.05) is 30.8 Å². The molecule has 1 N–H and O–H groups in total. The molecular weight excluding hydrogens is 538 g/mol. The maximum Gasteiger partial charge on any atom is 0.244 e. The lowest BCUT2D eigenvalue weighted by Gasteiger charge is -2.34. The number of hydrogen-bond donors (Lipinski definition) is 1. The number of benzene rings is 3. The van der Waals surface area contributed by atoms with Crippen LogP contribution in [0.5, 0.6) is 5.75 Å². The summed E-state index contributed by atoms with van der Waals surface area (Å²) >= 11 is 0. The third-order valence-corrected chi connectivity index (χ3v) is 7.97. The molecule has 3 rings (SSSR count). The highest BCUT2D eigenvalue weighted by Gasteiger charge is 2.34. The Bertz CT molecular complexity index is 1440. The van der Waals surface area contributed by atoms with Gasteiger partial charge >= 0.3 is 0 Å². The summed E-state index contributed by atoms with van der Waals surface area (Å²) in [5, 5.41) is 2.99. The molecule has 0 aliphatic heterocycles. The average Bonchev–Trinajstić information content (AvgIpc) is 2.93. The third-order valence-electron chi connectivity index (χ3n) is 6.84. The lowest BCUT2D eigenvalue weighted by Crippen LogP contribution is -2.53. The van der Waals surface area contributed by atoms with Gasteiger partial charge in [0.25, 0.3) is 0 Å². The van der Waals surface area contributed by atoms with Crippen LogP contribution in [0.4, 0.5) is 5.69 Å². The first-order chi connectivity index (χ1) is 19.4. The van der Waals surface area contributed by atoms with E-state index in [2.05, 4.69) is 5.32 Å². The molecule has 2 amide bonds. The van der Waals surface area contributed by atoms with Crippen LogP contribution >= 0.6 is 0 Å². The van der Waals surface area contributed by atoms with Crippen LogP contribution in [-0.4, -0.2) is 57.6 Å². The fraction of sp³-hybridized carbons (Fsp3) is 0.375. The Morgan fingerprint density at radius 3 is 2.22 bits per heavy atom. The molecule has 0 spiro atoms. The van der Waals surface area contributed by atoms with Crippen LogP contribution in [0.25, 0.3) is 0 Å². The second-order valence-electron chi connectivity index (χ2n) is 10.7. The van der Waals surface area contributed by atoms with Crippen LogP contribution in [0, 0.1) is 19.8 Å². The number of nitrogens with one attached hydrogen (secondary N) is 1. The van der Waals surface area contributed by atoms with Crippen LogP contribution < -0.4 is 14.4 Å². The molecule has 0 radical (unpaired) electrons. The van der Waals surface area contributed by atoms with Crippen LogP contribution in [0.2, 0.25) is 0 Å². The van der Waals surface area contributed by atoms with E-state index in [1.165, 1.54) is 12.0 Å². The van der Waals surface area contributed by atoms with E-state index in [-0.39, 0.29) is 30.5 Å². The monoisotopic (exact) mass is 579 g/mol. The second kappa shape index (κ2) is 14.2. The molecule has 1 atom stereocenters. The van der Waals surface area contributed by atoms with Crippen LogP contribution in [0.1, 0.15) is 36.1 Å². The molecule has 8 nitrogen and oxygen atoms in total. The molecular formula is C32H41N3O5S. The van der Waals surface area contributed by atoms with Gasteiger partial charge in [0, 0.05) is 19.5 Å². The van der Waals surface area contributed by atoms with Crippen molar-refractivity contribution in [1.29, 1.82) is 0 Å². The summed E-state index contributed by atoms with van der Waals surface area (Å²) in [6.45, 7) is 7.89. The maximum absolute atomic E-state index is 14.2. The van der Waals surface area contributed by atoms with Crippen LogP contribution in [-0.2, 0) is 32.6 Å². The largest absolute Gasteiger partial charge is 0.495 e. The number of ether oxygens (including phenoxy) is 1. The smallest absolute Gasteiger partial charge is 0.244 e. The molecule has 3 aromatic carbocycles. The minimum Gasteiger partial charge on any atom is -0.495 e. The van der Waals surface area contributed by atoms with Gasteiger partial charge in [0.2, 0.25) is 21.8 Å². The summed E-state index contributed by atoms with van der Waals surface area (Å²) in [4.78, 5) is 29.5. The number of carbonyl (C=O) groups is 2. The van der Waals surface area contributed by atoms with Gasteiger partial charge in [-0.25, -0.2) is 8.42 Å². The Morgan fingerprint density at radius 1 is 0.951 bits per heavy atom. The van der Waals surface area contributed by atoms with Crippen molar-refractivity contribution in [3.8, 4) is 5.75 Å². The fourth-order valence-corrected chi connectivity index (χ4v) is 5.38. The fourth-order valence-electron chi connectivity index (χ4n) is 4.54. The molecule has 0 fully saturated rings. The average molecular weight is 580 g/mol. The van der Waals surface area contributed by atoms with E-state index in [9.17, 15) is 18.0 Å². The molecule has 220 valence electrons. The van der Waals surface area contributed by atoms with Crippen molar-refractivity contribution in [2.45, 2.75) is 46.7 Å². The first kappa shape index (κ1) is 31.7. The van der Waals surface area contributed by atoms with Gasteiger partial charge in [-0.2, -0.15) is 0 Å². The number of hydrogen-bond acceptors (Lipinski definition) is 5. The van der Waals surface area contributed by atoms with Gasteiger partial charge in [-0.15, -0.1) is 0 Å². The van der Waals surface area contributed by atoms with E-state index >= 15 is 0 Å². The lowest BCUT2D eigenvalue weighted by molar-refractivity contribution is -0.140. The minimum atomic E-state index is -3.90. The molecule has 41 heavy (non-hydrogen) atoms. The van der Waals surface area contributed by atoms with Gasteiger partial charge in [-0.3, -0.25) is 13.9 Å². The number of rotatable bonds is 13. The van der Waals surface area contributed by atoms with Crippen molar-refractivity contribution in [1.82, 2.24) is 10.2 Å². The highest BCUT2D eigenvalue weighted by molar-refractivity contribution is 7.92. The minimum absolute atomic E-state index is 0.140. The van der Waals surface area contributed by atoms with Gasteiger partial charge in [0.1, 0.15) is 18.3 Å². The van der Waals surface area contributed by atoms with Crippen LogP contribution in [0.3, 0.4) is 0 Å². The second-order valence-corrected chi connectivity index (χ2v) is 12.6. The van der Waals surface area contributed by atoms with Gasteiger partial charge < -0.3 is 15.0 Å². The first-order valence-corrected chi connectivity index (χ1v) is 15.5. The standard InChI is InChI=1S/C32H41N3O5S/c1-23(2)20-33-32(37)29(19-26-13-8-7-9-14-26)34(21-27-15-11-10-12-25(27)4)31(36)22-35(41(6,38)39)28-18-24(3)16-17-30(28)40-5/h7-18,23,29H,19-22H2,1-6H3,(H,33,37)/t29-/m1/s1. The molecule has 0 aliphatic carbocycles. The summed E-state index contributed by atoms with van der Waals surface area (Å²) in [6, 6.07) is 21.5. The number of methoxy groups -OCH3 is 1. The third kappa shape index (κ3) is 8.82. The van der Waals surface area contributed by atoms with Crippen molar-refractivity contribution >= 4 is 27.5 Å². The molecule has 0 aliphatic rings. The molecule has 0 saturated heterocycles. The zero-order valence-electron chi connectivity index (χ0n) is 24.8. The van der Waals surface area contributed by atoms with Crippen molar-refractivity contribution in [2.24, 2.45) is 5.92 Å². The van der Waals surface area contributed by atoms with E-state index in [1.54, 1.807) is 12.1 Å². The number of anilines is 1. The summed E-state index contributed by atoms with van der Waals surface area (Å²) in [5.41, 5.74) is 3.80. The SMILES string of the molecule is COc1ccc(C)cc1N(CC(=O)N(Cc1ccccc1C)[C@H](Cc1ccccc1)C(=O)NCC(C)C)S(C)(=O)=O. The molecule has 0 bridgehead atoms. The van der Waals surface area contributed by atoms with Crippen LogP contribution in [0.15, 0.2) is 72.8 Å². The summed E-state index contributed by atoms with van der Waals surface area (Å²) < 4.78 is 32.7. The van der Waals surface area contributed by atoms with Crippen molar-refractivity contribution in [3.63, 3.8) is 0 Å². The van der Waals surface area contributed by atoms with Gasteiger partial charge in [0.15, 0.2) is 0 Å². The predicted octanol–water partition coefficient (Wildman–Crippen LogP) is 4.49. The zero-order valence-corrected chi connectivity index (χ0v) is 25.6. The molecule has 0 saturated carbocycles. The first-order valence-electron chi connectivity index (χ1n) is 13.7. The Hall–Kier alpha value is -3.85. The van der Waals surface area contributed by atoms with E-state index in [4.69, 9.17) is 4.74 Å². The van der Waals surface area contributed by atoms with E-state index in [1.807, 2.05) is 88.4 Å². The maximum atomic E-state index is 14.2. The number of sulfonamides is 1. The van der Waals surface area contributed by atoms with Crippen molar-refractivity contribution < 1.29 is 22.7 Å². The predicted molar refractivity (Wildman–Crippen MR) is 163 cm³/mol. The molecule has 0 heterocycles. The highest BCUT2D eigenvalue weighted by Crippen LogP contribution is 2.31. The number of nitrogens with zero attached hydrogens (tertiary/aromatic N) is 2. The van der Waals surface area contributed by atoms with Crippen molar-refractivity contribution in [3.05, 3.63) is 95.1 Å². The number of amides is 2. The van der Waals surface area contributed by atoms with E-state index in [0.717, 1.165) is 32.8 Å². The van der Waals surface area contributed by atoms with Gasteiger partial charge in [-0.05, 0) is 54.2 Å². The molecule has 0 aromatic heterocycles. The normalized spacial score (nSPS) is 12.1. The summed E-state index contributed by atoms with van der Waals surface area (Å²) in [7, 11) is -2.44. The quantitative estimate of drug-likeness (QED) is 0.322. The lowest BCUT2D eigenvalue weighted by atomic mass is 10.0. The molecule has 0 unspecified atom stereocenters. The van der Waals surface area contributed by atoms with E-state index in [0.29, 0.717) is 12.3 Å².